The third kappa shape index (κ3) is 2.23. The lowest BCUT2D eigenvalue weighted by molar-refractivity contribution is 0.0222. The molecule has 6 nitrogen and oxygen atoms in total. The number of rotatable bonds is 3. The minimum Gasteiger partial charge on any atom is -0.454 e. The monoisotopic (exact) mass is 314 g/mol. The maximum absolute atomic E-state index is 12.0. The van der Waals surface area contributed by atoms with Gasteiger partial charge in [0, 0.05) is 13.2 Å². The van der Waals surface area contributed by atoms with Crippen LogP contribution in [0.1, 0.15) is 10.5 Å². The number of aryl methyl sites for hydroxylation is 1. The number of para-hydroxylation sites is 1. The van der Waals surface area contributed by atoms with Crippen molar-refractivity contribution in [2.24, 2.45) is 7.05 Å². The summed E-state index contributed by atoms with van der Waals surface area (Å²) >= 11 is 1.66. The van der Waals surface area contributed by atoms with Gasteiger partial charge in [-0.15, -0.1) is 0 Å². The molecule has 1 aliphatic heterocycles. The van der Waals surface area contributed by atoms with Gasteiger partial charge in [-0.05, 0) is 18.2 Å². The summed E-state index contributed by atoms with van der Waals surface area (Å²) in [5.41, 5.74) is 1.48. The van der Waals surface area contributed by atoms with E-state index in [9.17, 15) is 4.79 Å². The largest absolute Gasteiger partial charge is 0.454 e. The molecule has 1 aromatic carbocycles. The Morgan fingerprint density at radius 1 is 1.32 bits per heavy atom. The summed E-state index contributed by atoms with van der Waals surface area (Å²) < 4.78 is 8.17. The Morgan fingerprint density at radius 3 is 2.86 bits per heavy atom. The van der Waals surface area contributed by atoms with Crippen LogP contribution in [0.25, 0.3) is 10.2 Å². The summed E-state index contributed by atoms with van der Waals surface area (Å²) in [4.78, 5) is 18.7. The molecule has 1 fully saturated rings. The van der Waals surface area contributed by atoms with Gasteiger partial charge in [0.1, 0.15) is 11.8 Å². The maximum Gasteiger partial charge on any atom is 0.356 e. The van der Waals surface area contributed by atoms with Gasteiger partial charge < -0.3 is 9.64 Å². The van der Waals surface area contributed by atoms with Gasteiger partial charge in [-0.1, -0.05) is 23.5 Å². The third-order valence-electron chi connectivity index (χ3n) is 3.70. The SMILES string of the molecule is Cn1nccc1C(=O)OC1CN(c2nc3ccccc3s2)C1. The number of hydrogen-bond donors (Lipinski definition) is 0. The van der Waals surface area contributed by atoms with Crippen LogP contribution in [0.4, 0.5) is 5.13 Å². The summed E-state index contributed by atoms with van der Waals surface area (Å²) in [6.07, 6.45) is 1.50. The third-order valence-corrected chi connectivity index (χ3v) is 4.80. The number of anilines is 1. The topological polar surface area (TPSA) is 60.3 Å². The highest BCUT2D eigenvalue weighted by Gasteiger charge is 2.32. The molecular formula is C15H14N4O2S. The molecule has 112 valence electrons. The summed E-state index contributed by atoms with van der Waals surface area (Å²) in [6, 6.07) is 9.73. The number of esters is 1. The fourth-order valence-electron chi connectivity index (χ4n) is 2.45. The van der Waals surface area contributed by atoms with Crippen LogP contribution in [-0.4, -0.2) is 39.9 Å². The summed E-state index contributed by atoms with van der Waals surface area (Å²) in [7, 11) is 1.73. The second-order valence-corrected chi connectivity index (χ2v) is 6.25. The molecule has 0 amide bonds. The van der Waals surface area contributed by atoms with Gasteiger partial charge in [0.25, 0.3) is 0 Å². The summed E-state index contributed by atoms with van der Waals surface area (Å²) in [5.74, 6) is -0.325. The fraction of sp³-hybridized carbons (Fsp3) is 0.267. The number of nitrogens with zero attached hydrogens (tertiary/aromatic N) is 4. The van der Waals surface area contributed by atoms with Crippen LogP contribution >= 0.6 is 11.3 Å². The molecule has 0 atom stereocenters. The number of carbonyl (C=O) groups excluding carboxylic acids is 1. The van der Waals surface area contributed by atoms with E-state index in [1.807, 2.05) is 18.2 Å². The van der Waals surface area contributed by atoms with Crippen LogP contribution in [0.5, 0.6) is 0 Å². The molecule has 3 heterocycles. The summed E-state index contributed by atoms with van der Waals surface area (Å²) in [6.45, 7) is 1.37. The van der Waals surface area contributed by atoms with Crippen molar-refractivity contribution < 1.29 is 9.53 Å². The zero-order valence-electron chi connectivity index (χ0n) is 12.0. The second-order valence-electron chi connectivity index (χ2n) is 5.24. The number of aromatic nitrogens is 3. The van der Waals surface area contributed by atoms with Crippen molar-refractivity contribution in [3.8, 4) is 0 Å². The van der Waals surface area contributed by atoms with Crippen LogP contribution in [-0.2, 0) is 11.8 Å². The minimum absolute atomic E-state index is 0.0885. The number of hydrogen-bond acceptors (Lipinski definition) is 6. The van der Waals surface area contributed by atoms with E-state index in [-0.39, 0.29) is 12.1 Å². The van der Waals surface area contributed by atoms with Gasteiger partial charge in [-0.3, -0.25) is 4.68 Å². The van der Waals surface area contributed by atoms with Crippen LogP contribution in [0.2, 0.25) is 0 Å². The number of ether oxygens (including phenoxy) is 1. The first kappa shape index (κ1) is 13.3. The Bertz CT molecular complexity index is 802. The van der Waals surface area contributed by atoms with Crippen molar-refractivity contribution in [2.75, 3.05) is 18.0 Å². The fourth-order valence-corrected chi connectivity index (χ4v) is 3.43. The molecule has 0 aliphatic carbocycles. The van der Waals surface area contributed by atoms with Crippen molar-refractivity contribution in [1.82, 2.24) is 14.8 Å². The first-order chi connectivity index (χ1) is 10.7. The molecule has 1 aliphatic rings. The van der Waals surface area contributed by atoms with E-state index in [0.717, 1.165) is 10.6 Å². The standard InChI is InChI=1S/C15H14N4O2S/c1-18-12(6-7-16-18)14(20)21-10-8-19(9-10)15-17-11-4-2-3-5-13(11)22-15/h2-7,10H,8-9H2,1H3. The number of carbonyl (C=O) groups is 1. The zero-order chi connectivity index (χ0) is 15.1. The van der Waals surface area contributed by atoms with E-state index < -0.39 is 0 Å². The van der Waals surface area contributed by atoms with Gasteiger partial charge in [-0.25, -0.2) is 9.78 Å². The minimum atomic E-state index is -0.325. The smallest absolute Gasteiger partial charge is 0.356 e. The molecule has 0 unspecified atom stereocenters. The van der Waals surface area contributed by atoms with E-state index in [4.69, 9.17) is 4.74 Å². The van der Waals surface area contributed by atoms with Crippen LogP contribution in [0.15, 0.2) is 36.5 Å². The van der Waals surface area contributed by atoms with Crippen molar-refractivity contribution in [2.45, 2.75) is 6.10 Å². The molecule has 3 aromatic rings. The van der Waals surface area contributed by atoms with Crippen LogP contribution < -0.4 is 4.90 Å². The normalized spacial score (nSPS) is 15.0. The van der Waals surface area contributed by atoms with Gasteiger partial charge in [0.2, 0.25) is 0 Å². The number of thiazole rings is 1. The van der Waals surface area contributed by atoms with Gasteiger partial charge in [0.05, 0.1) is 23.3 Å². The van der Waals surface area contributed by atoms with E-state index in [0.29, 0.717) is 18.8 Å². The Hall–Kier alpha value is -2.41. The molecule has 0 saturated carbocycles. The van der Waals surface area contributed by atoms with Crippen molar-refractivity contribution in [1.29, 1.82) is 0 Å². The molecule has 22 heavy (non-hydrogen) atoms. The number of benzene rings is 1. The lowest BCUT2D eigenvalue weighted by atomic mass is 10.2. The second kappa shape index (κ2) is 5.10. The first-order valence-corrected chi connectivity index (χ1v) is 7.82. The highest BCUT2D eigenvalue weighted by atomic mass is 32.1. The van der Waals surface area contributed by atoms with Gasteiger partial charge >= 0.3 is 5.97 Å². The van der Waals surface area contributed by atoms with E-state index in [1.54, 1.807) is 30.6 Å². The van der Waals surface area contributed by atoms with Crippen LogP contribution in [0, 0.1) is 0 Å². The van der Waals surface area contributed by atoms with E-state index in [1.165, 1.54) is 9.38 Å². The lowest BCUT2D eigenvalue weighted by Crippen LogP contribution is -2.53. The molecule has 0 N–H and O–H groups in total. The predicted octanol–water partition coefficient (Wildman–Crippen LogP) is 2.08. The molecule has 0 radical (unpaired) electrons. The van der Waals surface area contributed by atoms with Gasteiger partial charge in [0.15, 0.2) is 5.13 Å². The van der Waals surface area contributed by atoms with E-state index in [2.05, 4.69) is 21.0 Å². The summed E-state index contributed by atoms with van der Waals surface area (Å²) in [5, 5.41) is 4.95. The van der Waals surface area contributed by atoms with Crippen LogP contribution in [0.3, 0.4) is 0 Å². The lowest BCUT2D eigenvalue weighted by Gasteiger charge is -2.38. The van der Waals surface area contributed by atoms with Crippen molar-refractivity contribution in [3.63, 3.8) is 0 Å². The van der Waals surface area contributed by atoms with Gasteiger partial charge in [-0.2, -0.15) is 5.10 Å². The molecule has 2 aromatic heterocycles. The Kier molecular flexibility index (Phi) is 3.07. The van der Waals surface area contributed by atoms with E-state index >= 15 is 0 Å². The van der Waals surface area contributed by atoms with Crippen molar-refractivity contribution >= 4 is 32.7 Å². The highest BCUT2D eigenvalue weighted by molar-refractivity contribution is 7.22. The maximum atomic E-state index is 12.0. The quantitative estimate of drug-likeness (QED) is 0.693. The zero-order valence-corrected chi connectivity index (χ0v) is 12.8. The average Bonchev–Trinajstić information content (AvgIpc) is 3.07. The molecule has 0 bridgehead atoms. The Morgan fingerprint density at radius 2 is 2.14 bits per heavy atom. The predicted molar refractivity (Wildman–Crippen MR) is 84.2 cm³/mol. The molecule has 0 spiro atoms. The van der Waals surface area contributed by atoms with Crippen molar-refractivity contribution in [3.05, 3.63) is 42.2 Å². The first-order valence-electron chi connectivity index (χ1n) is 7.00. The molecule has 7 heteroatoms. The molecule has 1 saturated heterocycles. The Balaban J connectivity index is 1.39. The number of fused-ring (bicyclic) bond motifs is 1. The highest BCUT2D eigenvalue weighted by Crippen LogP contribution is 2.31. The average molecular weight is 314 g/mol. The Labute approximate surface area is 130 Å². The molecule has 4 rings (SSSR count). The molecular weight excluding hydrogens is 300 g/mol.